The van der Waals surface area contributed by atoms with E-state index in [1.165, 1.54) is 12.8 Å². The van der Waals surface area contributed by atoms with E-state index in [0.717, 1.165) is 24.8 Å². The van der Waals surface area contributed by atoms with Crippen LogP contribution < -0.4 is 0 Å². The summed E-state index contributed by atoms with van der Waals surface area (Å²) in [7, 11) is 1.77. The minimum Gasteiger partial charge on any atom is -0.298 e. The van der Waals surface area contributed by atoms with Crippen molar-refractivity contribution in [3.8, 4) is 0 Å². The smallest absolute Gasteiger partial charge is 0.155 e. The molecule has 1 heterocycles. The number of carbonyl (C=O) groups is 1. The Labute approximate surface area is 88.1 Å². The van der Waals surface area contributed by atoms with Crippen molar-refractivity contribution in [2.75, 3.05) is 0 Å². The van der Waals surface area contributed by atoms with Gasteiger partial charge >= 0.3 is 0 Å². The molecule has 4 heteroatoms. The predicted octanol–water partition coefficient (Wildman–Crippen LogP) is 2.54. The van der Waals surface area contributed by atoms with Crippen LogP contribution in [-0.2, 0) is 7.05 Å². The van der Waals surface area contributed by atoms with Crippen molar-refractivity contribution in [3.63, 3.8) is 0 Å². The second-order valence-corrected chi connectivity index (χ2v) is 4.17. The number of aldehydes is 1. The minimum absolute atomic E-state index is 0.439. The van der Waals surface area contributed by atoms with Gasteiger partial charge in [-0.15, -0.1) is 0 Å². The molecule has 0 amide bonds. The maximum atomic E-state index is 10.9. The van der Waals surface area contributed by atoms with Gasteiger partial charge in [-0.1, -0.05) is 24.4 Å². The zero-order valence-electron chi connectivity index (χ0n) is 8.16. The molecule has 0 atom stereocenters. The lowest BCUT2D eigenvalue weighted by Gasteiger charge is -2.04. The lowest BCUT2D eigenvalue weighted by atomic mass is 10.0. The highest BCUT2D eigenvalue weighted by Crippen LogP contribution is 2.36. The molecule has 0 N–H and O–H groups in total. The Balaban J connectivity index is 2.40. The molecular formula is C10H13ClN2O. The Hall–Kier alpha value is -0.830. The van der Waals surface area contributed by atoms with E-state index in [-0.39, 0.29) is 0 Å². The third-order valence-corrected chi connectivity index (χ3v) is 3.35. The fourth-order valence-electron chi connectivity index (χ4n) is 2.15. The number of rotatable bonds is 2. The van der Waals surface area contributed by atoms with Crippen molar-refractivity contribution in [1.82, 2.24) is 9.78 Å². The number of nitrogens with zero attached hydrogens (tertiary/aromatic N) is 2. The van der Waals surface area contributed by atoms with Crippen molar-refractivity contribution < 1.29 is 4.79 Å². The summed E-state index contributed by atoms with van der Waals surface area (Å²) in [4.78, 5) is 10.9. The molecule has 1 aromatic rings. The second-order valence-electron chi connectivity index (χ2n) is 3.81. The summed E-state index contributed by atoms with van der Waals surface area (Å²) in [5.41, 5.74) is 1.48. The normalized spacial score (nSPS) is 17.6. The predicted molar refractivity (Wildman–Crippen MR) is 54.8 cm³/mol. The van der Waals surface area contributed by atoms with E-state index in [1.54, 1.807) is 11.7 Å². The first-order valence-corrected chi connectivity index (χ1v) is 5.29. The molecule has 3 nitrogen and oxygen atoms in total. The van der Waals surface area contributed by atoms with Crippen LogP contribution in [0.15, 0.2) is 0 Å². The Morgan fingerprint density at radius 1 is 1.50 bits per heavy atom. The zero-order valence-corrected chi connectivity index (χ0v) is 8.92. The van der Waals surface area contributed by atoms with Crippen LogP contribution in [0.4, 0.5) is 0 Å². The summed E-state index contributed by atoms with van der Waals surface area (Å²) >= 11 is 5.96. The molecule has 1 saturated carbocycles. The van der Waals surface area contributed by atoms with Crippen LogP contribution in [-0.4, -0.2) is 16.1 Å². The van der Waals surface area contributed by atoms with Crippen molar-refractivity contribution in [2.45, 2.75) is 31.6 Å². The molecule has 0 saturated heterocycles. The van der Waals surface area contributed by atoms with Gasteiger partial charge in [0.1, 0.15) is 5.15 Å². The first-order valence-electron chi connectivity index (χ1n) is 4.91. The fraction of sp³-hybridized carbons (Fsp3) is 0.600. The summed E-state index contributed by atoms with van der Waals surface area (Å²) in [6, 6.07) is 0. The summed E-state index contributed by atoms with van der Waals surface area (Å²) in [5, 5.41) is 4.78. The fourth-order valence-corrected chi connectivity index (χ4v) is 2.33. The Bertz CT molecular complexity index is 353. The molecule has 1 aliphatic carbocycles. The van der Waals surface area contributed by atoms with Gasteiger partial charge in [0.15, 0.2) is 6.29 Å². The van der Waals surface area contributed by atoms with Gasteiger partial charge in [0, 0.05) is 13.0 Å². The van der Waals surface area contributed by atoms with E-state index < -0.39 is 0 Å². The monoisotopic (exact) mass is 212 g/mol. The Kier molecular flexibility index (Phi) is 2.59. The molecule has 1 aliphatic rings. The van der Waals surface area contributed by atoms with Crippen LogP contribution >= 0.6 is 11.6 Å². The number of carbonyl (C=O) groups excluding carboxylic acids is 1. The number of hydrogen-bond acceptors (Lipinski definition) is 2. The highest BCUT2D eigenvalue weighted by atomic mass is 35.5. The summed E-state index contributed by atoms with van der Waals surface area (Å²) in [5.74, 6) is 0.439. The maximum Gasteiger partial charge on any atom is 0.155 e. The molecular weight excluding hydrogens is 200 g/mol. The van der Waals surface area contributed by atoms with E-state index >= 15 is 0 Å². The van der Waals surface area contributed by atoms with Crippen LogP contribution in [0.5, 0.6) is 0 Å². The highest BCUT2D eigenvalue weighted by Gasteiger charge is 2.25. The van der Waals surface area contributed by atoms with Gasteiger partial charge in [0.2, 0.25) is 0 Å². The first-order chi connectivity index (χ1) is 6.74. The number of aromatic nitrogens is 2. The molecule has 0 aromatic carbocycles. The molecule has 0 bridgehead atoms. The summed E-state index contributed by atoms with van der Waals surface area (Å²) < 4.78 is 1.58. The molecule has 14 heavy (non-hydrogen) atoms. The summed E-state index contributed by atoms with van der Waals surface area (Å²) in [6.45, 7) is 0. The van der Waals surface area contributed by atoms with Gasteiger partial charge < -0.3 is 0 Å². The Morgan fingerprint density at radius 2 is 2.14 bits per heavy atom. The van der Waals surface area contributed by atoms with Crippen molar-refractivity contribution in [2.24, 2.45) is 7.05 Å². The Morgan fingerprint density at radius 3 is 2.71 bits per heavy atom. The van der Waals surface area contributed by atoms with E-state index in [1.807, 2.05) is 0 Å². The van der Waals surface area contributed by atoms with E-state index in [0.29, 0.717) is 16.6 Å². The van der Waals surface area contributed by atoms with Gasteiger partial charge in [-0.2, -0.15) is 5.10 Å². The quantitative estimate of drug-likeness (QED) is 0.707. The van der Waals surface area contributed by atoms with Crippen molar-refractivity contribution >= 4 is 17.9 Å². The molecule has 0 radical (unpaired) electrons. The molecule has 0 aliphatic heterocycles. The molecule has 1 aromatic heterocycles. The lowest BCUT2D eigenvalue weighted by Crippen LogP contribution is -1.98. The SMILES string of the molecule is Cn1nc(C2CCCC2)c(C=O)c1Cl. The van der Waals surface area contributed by atoms with Crippen LogP contribution in [0.2, 0.25) is 5.15 Å². The average molecular weight is 213 g/mol. The van der Waals surface area contributed by atoms with E-state index in [4.69, 9.17) is 11.6 Å². The van der Waals surface area contributed by atoms with Gasteiger partial charge in [0.25, 0.3) is 0 Å². The van der Waals surface area contributed by atoms with Crippen LogP contribution in [0, 0.1) is 0 Å². The van der Waals surface area contributed by atoms with Crippen molar-refractivity contribution in [3.05, 3.63) is 16.4 Å². The number of aryl methyl sites for hydroxylation is 1. The zero-order chi connectivity index (χ0) is 10.1. The first kappa shape index (κ1) is 9.71. The van der Waals surface area contributed by atoms with Gasteiger partial charge in [-0.3, -0.25) is 9.48 Å². The lowest BCUT2D eigenvalue weighted by molar-refractivity contribution is 0.112. The van der Waals surface area contributed by atoms with E-state index in [2.05, 4.69) is 5.10 Å². The maximum absolute atomic E-state index is 10.9. The second kappa shape index (κ2) is 3.73. The van der Waals surface area contributed by atoms with Crippen LogP contribution in [0.25, 0.3) is 0 Å². The van der Waals surface area contributed by atoms with Gasteiger partial charge in [-0.05, 0) is 12.8 Å². The molecule has 2 rings (SSSR count). The van der Waals surface area contributed by atoms with Crippen LogP contribution in [0.1, 0.15) is 47.7 Å². The molecule has 0 unspecified atom stereocenters. The highest BCUT2D eigenvalue weighted by molar-refractivity contribution is 6.32. The topological polar surface area (TPSA) is 34.9 Å². The third kappa shape index (κ3) is 1.46. The molecule has 1 fully saturated rings. The molecule has 76 valence electrons. The third-order valence-electron chi connectivity index (χ3n) is 2.90. The van der Waals surface area contributed by atoms with Crippen LogP contribution in [0.3, 0.4) is 0 Å². The van der Waals surface area contributed by atoms with E-state index in [9.17, 15) is 4.79 Å². The number of halogens is 1. The summed E-state index contributed by atoms with van der Waals surface area (Å²) in [6.07, 6.45) is 5.56. The van der Waals surface area contributed by atoms with Gasteiger partial charge in [-0.25, -0.2) is 0 Å². The minimum atomic E-state index is 0.439. The molecule has 0 spiro atoms. The number of hydrogen-bond donors (Lipinski definition) is 0. The van der Waals surface area contributed by atoms with Crippen molar-refractivity contribution in [1.29, 1.82) is 0 Å². The largest absolute Gasteiger partial charge is 0.298 e. The average Bonchev–Trinajstić information content (AvgIpc) is 2.76. The standard InChI is InChI=1S/C10H13ClN2O/c1-13-10(11)8(6-14)9(12-13)7-4-2-3-5-7/h6-7H,2-5H2,1H3. The van der Waals surface area contributed by atoms with Gasteiger partial charge in [0.05, 0.1) is 11.3 Å².